The zero-order valence-electron chi connectivity index (χ0n) is 9.91. The molecular weight excluding hydrogens is 258 g/mol. The second-order valence-electron chi connectivity index (χ2n) is 3.86. The third-order valence-corrected chi connectivity index (χ3v) is 2.32. The summed E-state index contributed by atoms with van der Waals surface area (Å²) in [7, 11) is 0. The molecule has 1 atom stereocenters. The third-order valence-electron chi connectivity index (χ3n) is 2.32. The molecule has 1 unspecified atom stereocenters. The molecule has 0 fully saturated rings. The molecule has 1 rings (SSSR count). The lowest BCUT2D eigenvalue weighted by molar-refractivity contribution is 0.0690. The van der Waals surface area contributed by atoms with E-state index < -0.39 is 40.6 Å². The van der Waals surface area contributed by atoms with Crippen LogP contribution >= 0.6 is 0 Å². The van der Waals surface area contributed by atoms with E-state index in [0.717, 1.165) is 0 Å². The molecule has 0 aromatic heterocycles. The molecule has 0 spiro atoms. The number of nitriles is 1. The summed E-state index contributed by atoms with van der Waals surface area (Å²) in [6.45, 7) is 1.52. The number of aromatic carboxylic acids is 1. The molecule has 1 aromatic carbocycles. The fourth-order valence-corrected chi connectivity index (χ4v) is 1.30. The van der Waals surface area contributed by atoms with Crippen LogP contribution in [-0.4, -0.2) is 23.5 Å². The second-order valence-corrected chi connectivity index (χ2v) is 3.86. The van der Waals surface area contributed by atoms with Crippen LogP contribution in [0.15, 0.2) is 12.1 Å². The van der Waals surface area contributed by atoms with Gasteiger partial charge in [0.1, 0.15) is 0 Å². The first kappa shape index (κ1) is 14.6. The molecule has 100 valence electrons. The number of carbonyl (C=O) groups excluding carboxylic acids is 1. The summed E-state index contributed by atoms with van der Waals surface area (Å²) in [5.74, 6) is -5.57. The van der Waals surface area contributed by atoms with Crippen LogP contribution in [0, 0.1) is 28.9 Å². The number of amides is 1. The lowest BCUT2D eigenvalue weighted by Gasteiger charge is -2.09. The smallest absolute Gasteiger partial charge is 0.336 e. The zero-order chi connectivity index (χ0) is 14.6. The van der Waals surface area contributed by atoms with E-state index in [0.29, 0.717) is 12.1 Å². The fraction of sp³-hybridized carbons (Fsp3) is 0.250. The van der Waals surface area contributed by atoms with Gasteiger partial charge in [-0.2, -0.15) is 5.26 Å². The summed E-state index contributed by atoms with van der Waals surface area (Å²) in [5.41, 5.74) is -1.13. The highest BCUT2D eigenvalue weighted by Gasteiger charge is 2.20. The molecule has 1 aromatic rings. The van der Waals surface area contributed by atoms with Crippen LogP contribution in [0.3, 0.4) is 0 Å². The largest absolute Gasteiger partial charge is 0.478 e. The highest BCUT2D eigenvalue weighted by Crippen LogP contribution is 2.15. The number of carbonyl (C=O) groups is 2. The number of nitrogens with one attached hydrogen (secondary N) is 1. The number of benzene rings is 1. The molecule has 0 aliphatic heterocycles. The van der Waals surface area contributed by atoms with Gasteiger partial charge in [-0.25, -0.2) is 13.6 Å². The topological polar surface area (TPSA) is 90.2 Å². The van der Waals surface area contributed by atoms with Crippen molar-refractivity contribution in [1.29, 1.82) is 5.26 Å². The van der Waals surface area contributed by atoms with Gasteiger partial charge in [-0.05, 0) is 19.1 Å². The minimum Gasteiger partial charge on any atom is -0.478 e. The number of hydrogen-bond donors (Lipinski definition) is 2. The Labute approximate surface area is 107 Å². The van der Waals surface area contributed by atoms with Crippen molar-refractivity contribution in [1.82, 2.24) is 5.32 Å². The Balaban J connectivity index is 3.05. The summed E-state index contributed by atoms with van der Waals surface area (Å²) in [6.07, 6.45) is 0. The number of halogens is 2. The van der Waals surface area contributed by atoms with Crippen molar-refractivity contribution >= 4 is 11.9 Å². The van der Waals surface area contributed by atoms with E-state index in [1.807, 2.05) is 6.07 Å². The van der Waals surface area contributed by atoms with Crippen LogP contribution in [0.4, 0.5) is 8.78 Å². The van der Waals surface area contributed by atoms with E-state index in [9.17, 15) is 18.4 Å². The Bertz CT molecular complexity index is 567. The quantitative estimate of drug-likeness (QED) is 0.866. The molecule has 1 amide bonds. The van der Waals surface area contributed by atoms with Gasteiger partial charge in [0.25, 0.3) is 5.91 Å². The van der Waals surface area contributed by atoms with Gasteiger partial charge in [0.15, 0.2) is 11.6 Å². The van der Waals surface area contributed by atoms with Crippen LogP contribution < -0.4 is 5.32 Å². The highest BCUT2D eigenvalue weighted by atomic mass is 19.2. The number of carboxylic acid groups (broad SMARTS) is 1. The standard InChI is InChI=1S/C12H10F2N2O3/c1-6(4-15)5-16-11(17)7-2-9(13)10(14)3-8(7)12(18)19/h2-3,6H,5H2,1H3,(H,16,17)(H,18,19). The van der Waals surface area contributed by atoms with E-state index in [1.165, 1.54) is 0 Å². The maximum Gasteiger partial charge on any atom is 0.336 e. The molecule has 0 saturated carbocycles. The van der Waals surface area contributed by atoms with Crippen LogP contribution in [-0.2, 0) is 0 Å². The molecule has 0 aliphatic carbocycles. The minimum atomic E-state index is -1.54. The van der Waals surface area contributed by atoms with Crippen molar-refractivity contribution in [3.63, 3.8) is 0 Å². The molecule has 0 aliphatic rings. The van der Waals surface area contributed by atoms with Crippen molar-refractivity contribution in [3.05, 3.63) is 34.9 Å². The molecule has 7 heteroatoms. The predicted molar refractivity (Wildman–Crippen MR) is 60.4 cm³/mol. The summed E-state index contributed by atoms with van der Waals surface area (Å²) >= 11 is 0. The molecular formula is C12H10F2N2O3. The molecule has 0 radical (unpaired) electrons. The minimum absolute atomic E-state index is 0.0204. The predicted octanol–water partition coefficient (Wildman–Crippen LogP) is 1.55. The van der Waals surface area contributed by atoms with E-state index in [-0.39, 0.29) is 6.54 Å². The van der Waals surface area contributed by atoms with Crippen molar-refractivity contribution in [2.24, 2.45) is 5.92 Å². The van der Waals surface area contributed by atoms with E-state index in [4.69, 9.17) is 10.4 Å². The normalized spacial score (nSPS) is 11.5. The Kier molecular flexibility index (Phi) is 4.53. The lowest BCUT2D eigenvalue weighted by atomic mass is 10.1. The molecule has 0 saturated heterocycles. The maximum atomic E-state index is 13.0. The summed E-state index contributed by atoms with van der Waals surface area (Å²) in [4.78, 5) is 22.5. The maximum absolute atomic E-state index is 13.0. The average Bonchev–Trinajstić information content (AvgIpc) is 2.37. The van der Waals surface area contributed by atoms with E-state index >= 15 is 0 Å². The Hall–Kier alpha value is -2.49. The first-order valence-electron chi connectivity index (χ1n) is 5.27. The monoisotopic (exact) mass is 268 g/mol. The van der Waals surface area contributed by atoms with Gasteiger partial charge in [-0.15, -0.1) is 0 Å². The fourth-order valence-electron chi connectivity index (χ4n) is 1.30. The summed E-state index contributed by atoms with van der Waals surface area (Å²) in [6, 6.07) is 2.83. The van der Waals surface area contributed by atoms with Crippen LogP contribution in [0.2, 0.25) is 0 Å². The average molecular weight is 268 g/mol. The SMILES string of the molecule is CC(C#N)CNC(=O)c1cc(F)c(F)cc1C(=O)O. The summed E-state index contributed by atoms with van der Waals surface area (Å²) < 4.78 is 26.0. The van der Waals surface area contributed by atoms with Crippen LogP contribution in [0.1, 0.15) is 27.6 Å². The van der Waals surface area contributed by atoms with Gasteiger partial charge in [-0.1, -0.05) is 0 Å². The molecule has 19 heavy (non-hydrogen) atoms. The Morgan fingerprint density at radius 3 is 2.37 bits per heavy atom. The first-order valence-corrected chi connectivity index (χ1v) is 5.27. The van der Waals surface area contributed by atoms with Gasteiger partial charge < -0.3 is 10.4 Å². The number of rotatable bonds is 4. The molecule has 0 heterocycles. The Morgan fingerprint density at radius 1 is 1.37 bits per heavy atom. The van der Waals surface area contributed by atoms with Gasteiger partial charge >= 0.3 is 5.97 Å². The Morgan fingerprint density at radius 2 is 1.89 bits per heavy atom. The lowest BCUT2D eigenvalue weighted by Crippen LogP contribution is -2.29. The van der Waals surface area contributed by atoms with E-state index in [2.05, 4.69) is 5.32 Å². The molecule has 0 bridgehead atoms. The second kappa shape index (κ2) is 5.91. The van der Waals surface area contributed by atoms with Gasteiger partial charge in [0.05, 0.1) is 23.1 Å². The van der Waals surface area contributed by atoms with Gasteiger partial charge in [-0.3, -0.25) is 4.79 Å². The highest BCUT2D eigenvalue weighted by molar-refractivity contribution is 6.04. The van der Waals surface area contributed by atoms with Crippen molar-refractivity contribution < 1.29 is 23.5 Å². The number of carboxylic acids is 1. The van der Waals surface area contributed by atoms with Gasteiger partial charge in [0.2, 0.25) is 0 Å². The third kappa shape index (κ3) is 3.48. The summed E-state index contributed by atoms with van der Waals surface area (Å²) in [5, 5.41) is 19.6. The van der Waals surface area contributed by atoms with Crippen molar-refractivity contribution in [2.45, 2.75) is 6.92 Å². The number of hydrogen-bond acceptors (Lipinski definition) is 3. The van der Waals surface area contributed by atoms with Crippen LogP contribution in [0.25, 0.3) is 0 Å². The van der Waals surface area contributed by atoms with Crippen LogP contribution in [0.5, 0.6) is 0 Å². The van der Waals surface area contributed by atoms with E-state index in [1.54, 1.807) is 6.92 Å². The molecule has 5 nitrogen and oxygen atoms in total. The van der Waals surface area contributed by atoms with Crippen molar-refractivity contribution in [2.75, 3.05) is 6.54 Å². The van der Waals surface area contributed by atoms with Gasteiger partial charge in [0, 0.05) is 6.54 Å². The first-order chi connectivity index (χ1) is 8.86. The number of nitrogens with zero attached hydrogens (tertiary/aromatic N) is 1. The molecule has 2 N–H and O–H groups in total. The van der Waals surface area contributed by atoms with Crippen molar-refractivity contribution in [3.8, 4) is 6.07 Å². The zero-order valence-corrected chi connectivity index (χ0v) is 9.91.